The Labute approximate surface area is 103 Å². The number of aromatic carboxylic acids is 1. The number of nitrogens with two attached hydrogens (primary N) is 1. The Hall–Kier alpha value is -2.39. The van der Waals surface area contributed by atoms with Gasteiger partial charge in [-0.05, 0) is 18.2 Å². The number of halogens is 1. The molecular formula is C12H11FN2O3. The molecule has 1 amide bonds. The van der Waals surface area contributed by atoms with Crippen molar-refractivity contribution < 1.29 is 19.1 Å². The third kappa shape index (κ3) is 3.30. The average molecular weight is 250 g/mol. The standard InChI is InChI=1S/C12H11FN2O3/c1-2-3-9(14)11(16)15-10-5-4-7(12(17)18)6-8(10)13/h1,4-6,9H,3,14H2,(H,15,16)(H,17,18). The lowest BCUT2D eigenvalue weighted by atomic mass is 10.1. The first-order valence-electron chi connectivity index (χ1n) is 4.98. The van der Waals surface area contributed by atoms with Crippen molar-refractivity contribution in [1.82, 2.24) is 0 Å². The van der Waals surface area contributed by atoms with Gasteiger partial charge in [0.2, 0.25) is 5.91 Å². The summed E-state index contributed by atoms with van der Waals surface area (Å²) in [6, 6.07) is 2.20. The lowest BCUT2D eigenvalue weighted by molar-refractivity contribution is -0.117. The molecule has 0 saturated carbocycles. The van der Waals surface area contributed by atoms with Gasteiger partial charge in [0.1, 0.15) is 5.82 Å². The lowest BCUT2D eigenvalue weighted by Gasteiger charge is -2.10. The van der Waals surface area contributed by atoms with Gasteiger partial charge in [0.05, 0.1) is 17.3 Å². The van der Waals surface area contributed by atoms with Crippen LogP contribution in [0.2, 0.25) is 0 Å². The molecule has 94 valence electrons. The molecule has 1 rings (SSSR count). The van der Waals surface area contributed by atoms with E-state index < -0.39 is 23.7 Å². The Morgan fingerprint density at radius 3 is 2.72 bits per heavy atom. The van der Waals surface area contributed by atoms with E-state index in [4.69, 9.17) is 17.3 Å². The monoisotopic (exact) mass is 250 g/mol. The highest BCUT2D eigenvalue weighted by molar-refractivity contribution is 5.95. The van der Waals surface area contributed by atoms with Gasteiger partial charge in [-0.3, -0.25) is 4.79 Å². The van der Waals surface area contributed by atoms with Crippen LogP contribution in [-0.2, 0) is 4.79 Å². The van der Waals surface area contributed by atoms with Gasteiger partial charge >= 0.3 is 5.97 Å². The summed E-state index contributed by atoms with van der Waals surface area (Å²) in [6.07, 6.45) is 5.02. The topological polar surface area (TPSA) is 92.4 Å². The van der Waals surface area contributed by atoms with Crippen LogP contribution in [0.1, 0.15) is 16.8 Å². The van der Waals surface area contributed by atoms with E-state index in [1.165, 1.54) is 6.07 Å². The molecule has 0 aromatic heterocycles. The summed E-state index contributed by atoms with van der Waals surface area (Å²) in [5.41, 5.74) is 5.08. The van der Waals surface area contributed by atoms with Gasteiger partial charge in [0.15, 0.2) is 0 Å². The first-order valence-corrected chi connectivity index (χ1v) is 4.98. The van der Waals surface area contributed by atoms with Crippen LogP contribution in [0.3, 0.4) is 0 Å². The molecule has 0 heterocycles. The predicted octanol–water partition coefficient (Wildman–Crippen LogP) is 0.813. The fraction of sp³-hybridized carbons (Fsp3) is 0.167. The summed E-state index contributed by atoms with van der Waals surface area (Å²) in [5.74, 6) is -0.519. The van der Waals surface area contributed by atoms with Crippen LogP contribution in [-0.4, -0.2) is 23.0 Å². The van der Waals surface area contributed by atoms with E-state index in [-0.39, 0.29) is 17.7 Å². The quantitative estimate of drug-likeness (QED) is 0.689. The largest absolute Gasteiger partial charge is 0.478 e. The summed E-state index contributed by atoms with van der Waals surface area (Å²) in [6.45, 7) is 0. The average Bonchev–Trinajstić information content (AvgIpc) is 2.31. The highest BCUT2D eigenvalue weighted by Gasteiger charge is 2.15. The van der Waals surface area contributed by atoms with E-state index in [1.807, 2.05) is 0 Å². The van der Waals surface area contributed by atoms with Gasteiger partial charge in [-0.1, -0.05) is 0 Å². The Balaban J connectivity index is 2.83. The van der Waals surface area contributed by atoms with Crippen molar-refractivity contribution in [2.75, 3.05) is 5.32 Å². The number of rotatable bonds is 4. The molecule has 0 aliphatic rings. The molecule has 0 bridgehead atoms. The maximum Gasteiger partial charge on any atom is 0.335 e. The van der Waals surface area contributed by atoms with Gasteiger partial charge in [0.25, 0.3) is 0 Å². The summed E-state index contributed by atoms with van der Waals surface area (Å²) in [7, 11) is 0. The fourth-order valence-corrected chi connectivity index (χ4v) is 1.19. The Morgan fingerprint density at radius 1 is 1.56 bits per heavy atom. The third-order valence-electron chi connectivity index (χ3n) is 2.15. The van der Waals surface area contributed by atoms with Gasteiger partial charge in [-0.2, -0.15) is 0 Å². The number of carboxylic acid groups (broad SMARTS) is 1. The Kier molecular flexibility index (Phi) is 4.40. The maximum absolute atomic E-state index is 13.5. The number of hydrogen-bond acceptors (Lipinski definition) is 3. The van der Waals surface area contributed by atoms with Gasteiger partial charge in [0, 0.05) is 6.42 Å². The predicted molar refractivity (Wildman–Crippen MR) is 63.4 cm³/mol. The van der Waals surface area contributed by atoms with Crippen LogP contribution in [0.25, 0.3) is 0 Å². The molecule has 0 saturated heterocycles. The Bertz CT molecular complexity index is 523. The van der Waals surface area contributed by atoms with Gasteiger partial charge in [-0.25, -0.2) is 9.18 Å². The van der Waals surface area contributed by atoms with E-state index >= 15 is 0 Å². The van der Waals surface area contributed by atoms with Crippen molar-refractivity contribution in [1.29, 1.82) is 0 Å². The molecule has 1 aromatic rings. The minimum atomic E-state index is -1.25. The number of carboxylic acids is 1. The highest BCUT2D eigenvalue weighted by Crippen LogP contribution is 2.16. The summed E-state index contributed by atoms with van der Waals surface area (Å²) >= 11 is 0. The second-order valence-corrected chi connectivity index (χ2v) is 3.50. The van der Waals surface area contributed by atoms with E-state index in [0.29, 0.717) is 0 Å². The molecule has 1 unspecified atom stereocenters. The minimum absolute atomic E-state index is 0.0284. The van der Waals surface area contributed by atoms with E-state index in [2.05, 4.69) is 11.2 Å². The number of anilines is 1. The van der Waals surface area contributed by atoms with Crippen molar-refractivity contribution in [2.45, 2.75) is 12.5 Å². The van der Waals surface area contributed by atoms with Gasteiger partial charge in [-0.15, -0.1) is 12.3 Å². The van der Waals surface area contributed by atoms with Crippen LogP contribution in [0.5, 0.6) is 0 Å². The summed E-state index contributed by atoms with van der Waals surface area (Å²) in [5, 5.41) is 10.9. The molecule has 0 aliphatic heterocycles. The normalized spacial score (nSPS) is 11.4. The van der Waals surface area contributed by atoms with Crippen molar-refractivity contribution in [3.05, 3.63) is 29.6 Å². The van der Waals surface area contributed by atoms with Crippen LogP contribution < -0.4 is 11.1 Å². The first kappa shape index (κ1) is 13.7. The molecule has 18 heavy (non-hydrogen) atoms. The third-order valence-corrected chi connectivity index (χ3v) is 2.15. The van der Waals surface area contributed by atoms with Crippen molar-refractivity contribution in [3.63, 3.8) is 0 Å². The Morgan fingerprint density at radius 2 is 2.22 bits per heavy atom. The number of nitrogens with one attached hydrogen (secondary N) is 1. The zero-order valence-corrected chi connectivity index (χ0v) is 9.31. The van der Waals surface area contributed by atoms with Gasteiger partial charge < -0.3 is 16.2 Å². The molecule has 0 fully saturated rings. The number of benzene rings is 1. The maximum atomic E-state index is 13.5. The first-order chi connectivity index (χ1) is 8.45. The number of hydrogen-bond donors (Lipinski definition) is 3. The smallest absolute Gasteiger partial charge is 0.335 e. The number of carbonyl (C=O) groups is 2. The molecule has 4 N–H and O–H groups in total. The second kappa shape index (κ2) is 5.80. The van der Waals surface area contributed by atoms with Crippen LogP contribution in [0.15, 0.2) is 18.2 Å². The second-order valence-electron chi connectivity index (χ2n) is 3.50. The lowest BCUT2D eigenvalue weighted by Crippen LogP contribution is -2.35. The van der Waals surface area contributed by atoms with Crippen LogP contribution in [0.4, 0.5) is 10.1 Å². The van der Waals surface area contributed by atoms with E-state index in [1.54, 1.807) is 0 Å². The zero-order chi connectivity index (χ0) is 13.7. The van der Waals surface area contributed by atoms with Crippen molar-refractivity contribution in [2.24, 2.45) is 5.73 Å². The molecule has 1 aromatic carbocycles. The van der Waals surface area contributed by atoms with E-state index in [0.717, 1.165) is 12.1 Å². The molecule has 5 nitrogen and oxygen atoms in total. The highest BCUT2D eigenvalue weighted by atomic mass is 19.1. The molecule has 0 spiro atoms. The minimum Gasteiger partial charge on any atom is -0.478 e. The molecule has 6 heteroatoms. The fourth-order valence-electron chi connectivity index (χ4n) is 1.19. The van der Waals surface area contributed by atoms with Crippen LogP contribution >= 0.6 is 0 Å². The van der Waals surface area contributed by atoms with Crippen LogP contribution in [0, 0.1) is 18.2 Å². The SMILES string of the molecule is C#CCC(N)C(=O)Nc1ccc(C(=O)O)cc1F. The number of carbonyl (C=O) groups excluding carboxylic acids is 1. The van der Waals surface area contributed by atoms with Crippen molar-refractivity contribution >= 4 is 17.6 Å². The molecule has 0 aliphatic carbocycles. The number of amides is 1. The molecule has 1 atom stereocenters. The zero-order valence-electron chi connectivity index (χ0n) is 9.31. The number of terminal acetylenes is 1. The van der Waals surface area contributed by atoms with E-state index in [9.17, 15) is 14.0 Å². The summed E-state index contributed by atoms with van der Waals surface area (Å²) < 4.78 is 13.5. The molecule has 0 radical (unpaired) electrons. The molecular weight excluding hydrogens is 239 g/mol. The summed E-state index contributed by atoms with van der Waals surface area (Å²) in [4.78, 5) is 22.0. The van der Waals surface area contributed by atoms with Crippen molar-refractivity contribution in [3.8, 4) is 12.3 Å².